The van der Waals surface area contributed by atoms with Gasteiger partial charge in [-0.3, -0.25) is 4.98 Å². The van der Waals surface area contributed by atoms with Gasteiger partial charge in [-0.25, -0.2) is 0 Å². The number of benzene rings is 3. The first-order valence-electron chi connectivity index (χ1n) is 9.31. The number of hydrogen-bond acceptors (Lipinski definition) is 2. The number of ether oxygens (including phenoxy) is 1. The van der Waals surface area contributed by atoms with Gasteiger partial charge in [0.25, 0.3) is 0 Å². The van der Waals surface area contributed by atoms with Crippen molar-refractivity contribution in [3.8, 4) is 28.1 Å². The molecule has 0 aliphatic rings. The summed E-state index contributed by atoms with van der Waals surface area (Å²) in [6.07, 6.45) is 0. The van der Waals surface area contributed by atoms with Crippen molar-refractivity contribution in [3.63, 3.8) is 0 Å². The minimum Gasteiger partial charge on any atom is -0.497 e. The molecule has 4 aromatic rings. The fourth-order valence-electron chi connectivity index (χ4n) is 3.59. The normalized spacial score (nSPS) is 11.1. The molecule has 1 aromatic heterocycles. The monoisotopic (exact) mass is 353 g/mol. The molecule has 2 nitrogen and oxygen atoms in total. The fourth-order valence-corrected chi connectivity index (χ4v) is 3.59. The molecule has 1 heterocycles. The molecule has 0 spiro atoms. The van der Waals surface area contributed by atoms with Crippen molar-refractivity contribution < 1.29 is 4.74 Å². The molecule has 4 rings (SSSR count). The number of nitrogens with zero attached hydrogens (tertiary/aromatic N) is 1. The summed E-state index contributed by atoms with van der Waals surface area (Å²) in [7, 11) is 1.71. The average Bonchev–Trinajstić information content (AvgIpc) is 2.73. The third-order valence-corrected chi connectivity index (χ3v) is 4.90. The molecule has 0 N–H and O–H groups in total. The lowest BCUT2D eigenvalue weighted by molar-refractivity contribution is 0.415. The van der Waals surface area contributed by atoms with Gasteiger partial charge < -0.3 is 4.74 Å². The standard InChI is InChI=1S/C25H23NO/c1-17(2)24-21-15-14-20(27-3)16-22(21)23(18-10-6-4-7-11-18)25(26-24)19-12-8-5-9-13-19/h4-17H,1-3H3. The van der Waals surface area contributed by atoms with Crippen LogP contribution in [0.2, 0.25) is 0 Å². The maximum Gasteiger partial charge on any atom is 0.119 e. The highest BCUT2D eigenvalue weighted by atomic mass is 16.5. The first-order chi connectivity index (χ1) is 13.2. The van der Waals surface area contributed by atoms with Gasteiger partial charge in [-0.1, -0.05) is 74.5 Å². The van der Waals surface area contributed by atoms with Gasteiger partial charge in [0.2, 0.25) is 0 Å². The molecule has 0 saturated heterocycles. The van der Waals surface area contributed by atoms with Gasteiger partial charge in [0, 0.05) is 16.5 Å². The molecule has 0 unspecified atom stereocenters. The minimum atomic E-state index is 0.327. The second-order valence-electron chi connectivity index (χ2n) is 7.02. The summed E-state index contributed by atoms with van der Waals surface area (Å²) < 4.78 is 5.54. The van der Waals surface area contributed by atoms with E-state index >= 15 is 0 Å². The van der Waals surface area contributed by atoms with Crippen molar-refractivity contribution in [2.45, 2.75) is 19.8 Å². The van der Waals surface area contributed by atoms with Crippen molar-refractivity contribution in [3.05, 3.63) is 84.6 Å². The topological polar surface area (TPSA) is 22.1 Å². The molecule has 0 radical (unpaired) electrons. The van der Waals surface area contributed by atoms with Crippen molar-refractivity contribution in [1.29, 1.82) is 0 Å². The quantitative estimate of drug-likeness (QED) is 0.407. The Hall–Kier alpha value is -3.13. The largest absolute Gasteiger partial charge is 0.497 e. The zero-order valence-electron chi connectivity index (χ0n) is 15.9. The summed E-state index contributed by atoms with van der Waals surface area (Å²) in [5.74, 6) is 1.19. The Morgan fingerprint density at radius 1 is 0.741 bits per heavy atom. The van der Waals surface area contributed by atoms with Crippen LogP contribution in [0.3, 0.4) is 0 Å². The fraction of sp³-hybridized carbons (Fsp3) is 0.160. The van der Waals surface area contributed by atoms with Crippen molar-refractivity contribution in [2.75, 3.05) is 7.11 Å². The second kappa shape index (κ2) is 7.24. The highest BCUT2D eigenvalue weighted by molar-refractivity contribution is 6.04. The van der Waals surface area contributed by atoms with Crippen LogP contribution in [0.4, 0.5) is 0 Å². The number of fused-ring (bicyclic) bond motifs is 1. The highest BCUT2D eigenvalue weighted by Crippen LogP contribution is 2.40. The van der Waals surface area contributed by atoms with Crippen LogP contribution >= 0.6 is 0 Å². The summed E-state index contributed by atoms with van der Waals surface area (Å²) in [4.78, 5) is 5.16. The van der Waals surface area contributed by atoms with E-state index < -0.39 is 0 Å². The lowest BCUT2D eigenvalue weighted by atomic mass is 9.91. The van der Waals surface area contributed by atoms with E-state index in [1.54, 1.807) is 7.11 Å². The van der Waals surface area contributed by atoms with Crippen LogP contribution in [-0.2, 0) is 0 Å². The van der Waals surface area contributed by atoms with Crippen LogP contribution in [0.5, 0.6) is 5.75 Å². The van der Waals surface area contributed by atoms with Crippen LogP contribution in [0.25, 0.3) is 33.2 Å². The van der Waals surface area contributed by atoms with E-state index in [1.807, 2.05) is 18.2 Å². The van der Waals surface area contributed by atoms with E-state index in [9.17, 15) is 0 Å². The Kier molecular flexibility index (Phi) is 4.64. The van der Waals surface area contributed by atoms with Crippen LogP contribution < -0.4 is 4.74 Å². The molecule has 0 aliphatic heterocycles. The molecule has 2 heteroatoms. The van der Waals surface area contributed by atoms with E-state index in [0.717, 1.165) is 33.8 Å². The molecule has 0 bridgehead atoms. The third kappa shape index (κ3) is 3.19. The Morgan fingerprint density at radius 2 is 1.37 bits per heavy atom. The summed E-state index contributed by atoms with van der Waals surface area (Å²) >= 11 is 0. The van der Waals surface area contributed by atoms with Gasteiger partial charge in [-0.05, 0) is 35.1 Å². The van der Waals surface area contributed by atoms with E-state index in [4.69, 9.17) is 9.72 Å². The third-order valence-electron chi connectivity index (χ3n) is 4.90. The average molecular weight is 353 g/mol. The Morgan fingerprint density at radius 3 is 1.96 bits per heavy atom. The summed E-state index contributed by atoms with van der Waals surface area (Å²) in [6.45, 7) is 4.39. The number of pyridine rings is 1. The minimum absolute atomic E-state index is 0.327. The molecule has 134 valence electrons. The van der Waals surface area contributed by atoms with Crippen molar-refractivity contribution in [1.82, 2.24) is 4.98 Å². The van der Waals surface area contributed by atoms with Gasteiger partial charge in [0.15, 0.2) is 0 Å². The van der Waals surface area contributed by atoms with Gasteiger partial charge >= 0.3 is 0 Å². The first kappa shape index (κ1) is 17.3. The Bertz CT molecular complexity index is 1070. The van der Waals surface area contributed by atoms with Gasteiger partial charge in [0.05, 0.1) is 18.5 Å². The Labute approximate surface area is 160 Å². The molecule has 0 amide bonds. The first-order valence-corrected chi connectivity index (χ1v) is 9.31. The lowest BCUT2D eigenvalue weighted by Crippen LogP contribution is -2.00. The zero-order chi connectivity index (χ0) is 18.8. The molecule has 0 saturated carbocycles. The van der Waals surface area contributed by atoms with Crippen LogP contribution in [-0.4, -0.2) is 12.1 Å². The van der Waals surface area contributed by atoms with Crippen LogP contribution in [0, 0.1) is 0 Å². The van der Waals surface area contributed by atoms with Gasteiger partial charge in [-0.2, -0.15) is 0 Å². The lowest BCUT2D eigenvalue weighted by Gasteiger charge is -2.19. The summed E-state index contributed by atoms with van der Waals surface area (Å²) in [5, 5.41) is 2.36. The summed E-state index contributed by atoms with van der Waals surface area (Å²) in [5.41, 5.74) is 5.58. The van der Waals surface area contributed by atoms with Crippen LogP contribution in [0.15, 0.2) is 78.9 Å². The molecule has 27 heavy (non-hydrogen) atoms. The molecular formula is C25H23NO. The van der Waals surface area contributed by atoms with Gasteiger partial charge in [-0.15, -0.1) is 0 Å². The maximum atomic E-state index is 5.54. The molecule has 0 aliphatic carbocycles. The zero-order valence-corrected chi connectivity index (χ0v) is 15.9. The van der Waals surface area contributed by atoms with E-state index in [0.29, 0.717) is 5.92 Å². The van der Waals surface area contributed by atoms with E-state index in [-0.39, 0.29) is 0 Å². The highest BCUT2D eigenvalue weighted by Gasteiger charge is 2.18. The van der Waals surface area contributed by atoms with E-state index in [1.165, 1.54) is 10.8 Å². The van der Waals surface area contributed by atoms with Crippen molar-refractivity contribution in [2.24, 2.45) is 0 Å². The number of rotatable bonds is 4. The predicted molar refractivity (Wildman–Crippen MR) is 113 cm³/mol. The molecular weight excluding hydrogens is 330 g/mol. The molecule has 0 fully saturated rings. The molecule has 3 aromatic carbocycles. The SMILES string of the molecule is COc1ccc2c(C(C)C)nc(-c3ccccc3)c(-c3ccccc3)c2c1. The second-order valence-corrected chi connectivity index (χ2v) is 7.02. The smallest absolute Gasteiger partial charge is 0.119 e. The number of hydrogen-bond donors (Lipinski definition) is 0. The Balaban J connectivity index is 2.17. The van der Waals surface area contributed by atoms with Crippen molar-refractivity contribution >= 4 is 10.8 Å². The molecule has 0 atom stereocenters. The number of methoxy groups -OCH3 is 1. The van der Waals surface area contributed by atoms with Gasteiger partial charge in [0.1, 0.15) is 5.75 Å². The maximum absolute atomic E-state index is 5.54. The predicted octanol–water partition coefficient (Wildman–Crippen LogP) is 6.70. The number of aromatic nitrogens is 1. The van der Waals surface area contributed by atoms with E-state index in [2.05, 4.69) is 74.5 Å². The van der Waals surface area contributed by atoms with Crippen LogP contribution in [0.1, 0.15) is 25.5 Å². The summed E-state index contributed by atoms with van der Waals surface area (Å²) in [6, 6.07) is 27.2.